The van der Waals surface area contributed by atoms with Crippen molar-refractivity contribution in [3.63, 3.8) is 0 Å². The molecule has 1 aliphatic rings. The number of thiophene rings is 1. The second kappa shape index (κ2) is 9.90. The quantitative estimate of drug-likeness (QED) is 0.551. The van der Waals surface area contributed by atoms with Gasteiger partial charge in [0.15, 0.2) is 0 Å². The SMILES string of the molecule is COc1ccccc1CNC(=O)c1sccc1S(=O)(=O)N1CCN(c2ccccc2F)CC1. The van der Waals surface area contributed by atoms with Crippen LogP contribution in [0.4, 0.5) is 10.1 Å². The maximum Gasteiger partial charge on any atom is 0.263 e. The van der Waals surface area contributed by atoms with E-state index >= 15 is 0 Å². The van der Waals surface area contributed by atoms with Crippen molar-refractivity contribution < 1.29 is 22.3 Å². The molecule has 0 bridgehead atoms. The van der Waals surface area contributed by atoms with E-state index < -0.39 is 15.9 Å². The summed E-state index contributed by atoms with van der Waals surface area (Å²) in [4.78, 5) is 14.8. The number of carbonyl (C=O) groups is 1. The number of sulfonamides is 1. The predicted octanol–water partition coefficient (Wildman–Crippen LogP) is 3.34. The minimum Gasteiger partial charge on any atom is -0.496 e. The Morgan fingerprint density at radius 3 is 2.48 bits per heavy atom. The lowest BCUT2D eigenvalue weighted by atomic mass is 10.2. The molecule has 1 saturated heterocycles. The molecule has 1 aliphatic heterocycles. The second-order valence-corrected chi connectivity index (χ2v) is 10.3. The van der Waals surface area contributed by atoms with Gasteiger partial charge >= 0.3 is 0 Å². The normalized spacial score (nSPS) is 14.8. The van der Waals surface area contributed by atoms with Crippen LogP contribution in [0.1, 0.15) is 15.2 Å². The van der Waals surface area contributed by atoms with Gasteiger partial charge in [-0.15, -0.1) is 11.3 Å². The van der Waals surface area contributed by atoms with Crippen LogP contribution >= 0.6 is 11.3 Å². The molecule has 2 heterocycles. The third-order valence-corrected chi connectivity index (χ3v) is 8.50. The summed E-state index contributed by atoms with van der Waals surface area (Å²) in [5.74, 6) is -0.148. The number of hydrogen-bond acceptors (Lipinski definition) is 6. The van der Waals surface area contributed by atoms with E-state index in [2.05, 4.69) is 5.32 Å². The lowest BCUT2D eigenvalue weighted by Crippen LogP contribution is -2.49. The number of anilines is 1. The number of methoxy groups -OCH3 is 1. The van der Waals surface area contributed by atoms with Crippen molar-refractivity contribution in [2.45, 2.75) is 11.4 Å². The first-order valence-corrected chi connectivity index (χ1v) is 12.7. The lowest BCUT2D eigenvalue weighted by molar-refractivity contribution is 0.0951. The van der Waals surface area contributed by atoms with Gasteiger partial charge in [0, 0.05) is 38.3 Å². The molecule has 0 aliphatic carbocycles. The predicted molar refractivity (Wildman–Crippen MR) is 126 cm³/mol. The van der Waals surface area contributed by atoms with Crippen molar-refractivity contribution in [1.82, 2.24) is 9.62 Å². The smallest absolute Gasteiger partial charge is 0.263 e. The van der Waals surface area contributed by atoms with E-state index in [1.54, 1.807) is 36.8 Å². The zero-order valence-corrected chi connectivity index (χ0v) is 19.7. The molecule has 7 nitrogen and oxygen atoms in total. The third kappa shape index (κ3) is 4.87. The summed E-state index contributed by atoms with van der Waals surface area (Å²) >= 11 is 1.08. The van der Waals surface area contributed by atoms with E-state index in [-0.39, 0.29) is 35.2 Å². The topological polar surface area (TPSA) is 78.9 Å². The molecule has 0 saturated carbocycles. The van der Waals surface area contributed by atoms with Crippen LogP contribution in [-0.2, 0) is 16.6 Å². The highest BCUT2D eigenvalue weighted by atomic mass is 32.2. The zero-order valence-electron chi connectivity index (χ0n) is 18.0. The number of hydrogen-bond donors (Lipinski definition) is 1. The van der Waals surface area contributed by atoms with Crippen molar-refractivity contribution in [3.05, 3.63) is 76.2 Å². The fourth-order valence-electron chi connectivity index (χ4n) is 3.79. The molecule has 1 fully saturated rings. The molecular weight excluding hydrogens is 465 g/mol. The summed E-state index contributed by atoms with van der Waals surface area (Å²) in [6.07, 6.45) is 0. The summed E-state index contributed by atoms with van der Waals surface area (Å²) in [6, 6.07) is 15.2. The van der Waals surface area contributed by atoms with Crippen LogP contribution in [-0.4, -0.2) is 51.9 Å². The highest BCUT2D eigenvalue weighted by molar-refractivity contribution is 7.89. The average molecular weight is 490 g/mol. The summed E-state index contributed by atoms with van der Waals surface area (Å²) in [5.41, 5.74) is 1.25. The Bertz CT molecular complexity index is 1240. The van der Waals surface area contributed by atoms with Gasteiger partial charge in [0.2, 0.25) is 10.0 Å². The first-order valence-electron chi connectivity index (χ1n) is 10.4. The number of benzene rings is 2. The first-order chi connectivity index (χ1) is 15.9. The Morgan fingerprint density at radius 1 is 1.06 bits per heavy atom. The van der Waals surface area contributed by atoms with Crippen molar-refractivity contribution in [2.24, 2.45) is 0 Å². The maximum absolute atomic E-state index is 14.1. The van der Waals surface area contributed by atoms with Gasteiger partial charge in [0.05, 0.1) is 12.8 Å². The van der Waals surface area contributed by atoms with Crippen molar-refractivity contribution in [1.29, 1.82) is 0 Å². The molecule has 0 radical (unpaired) electrons. The van der Waals surface area contributed by atoms with E-state index in [0.717, 1.165) is 16.9 Å². The minimum atomic E-state index is -3.87. The van der Waals surface area contributed by atoms with Gasteiger partial charge in [-0.1, -0.05) is 30.3 Å². The van der Waals surface area contributed by atoms with Gasteiger partial charge in [-0.2, -0.15) is 4.31 Å². The van der Waals surface area contributed by atoms with E-state index in [1.165, 1.54) is 16.4 Å². The van der Waals surface area contributed by atoms with Gasteiger partial charge in [-0.3, -0.25) is 4.79 Å². The van der Waals surface area contributed by atoms with Gasteiger partial charge in [-0.25, -0.2) is 12.8 Å². The number of amides is 1. The molecule has 2 aromatic carbocycles. The fraction of sp³-hybridized carbons (Fsp3) is 0.261. The molecule has 1 aromatic heterocycles. The second-order valence-electron chi connectivity index (χ2n) is 7.45. The molecule has 1 N–H and O–H groups in total. The largest absolute Gasteiger partial charge is 0.496 e. The lowest BCUT2D eigenvalue weighted by Gasteiger charge is -2.35. The highest BCUT2D eigenvalue weighted by Gasteiger charge is 2.33. The first kappa shape index (κ1) is 23.2. The van der Waals surface area contributed by atoms with Crippen LogP contribution in [0.25, 0.3) is 0 Å². The van der Waals surface area contributed by atoms with Crippen molar-refractivity contribution in [3.8, 4) is 5.75 Å². The van der Waals surface area contributed by atoms with Crippen LogP contribution in [0.2, 0.25) is 0 Å². The minimum absolute atomic E-state index is 0.00984. The Kier molecular flexibility index (Phi) is 6.96. The average Bonchev–Trinajstić information content (AvgIpc) is 3.34. The molecule has 1 amide bonds. The van der Waals surface area contributed by atoms with Gasteiger partial charge in [0.1, 0.15) is 21.3 Å². The van der Waals surface area contributed by atoms with E-state index in [0.29, 0.717) is 24.5 Å². The Morgan fingerprint density at radius 2 is 1.76 bits per heavy atom. The Balaban J connectivity index is 1.45. The van der Waals surface area contributed by atoms with Crippen LogP contribution in [0.5, 0.6) is 5.75 Å². The summed E-state index contributed by atoms with van der Waals surface area (Å²) in [6.45, 7) is 1.34. The highest BCUT2D eigenvalue weighted by Crippen LogP contribution is 2.28. The van der Waals surface area contributed by atoms with Crippen LogP contribution in [0, 0.1) is 5.82 Å². The number of nitrogens with one attached hydrogen (secondary N) is 1. The van der Waals surface area contributed by atoms with Crippen molar-refractivity contribution >= 4 is 33.0 Å². The molecule has 4 rings (SSSR count). The third-order valence-electron chi connectivity index (χ3n) is 5.52. The number of piperazine rings is 1. The molecule has 33 heavy (non-hydrogen) atoms. The van der Waals surface area contributed by atoms with E-state index in [1.807, 2.05) is 23.1 Å². The van der Waals surface area contributed by atoms with Crippen molar-refractivity contribution in [2.75, 3.05) is 38.2 Å². The summed E-state index contributed by atoms with van der Waals surface area (Å²) < 4.78 is 47.3. The van der Waals surface area contributed by atoms with E-state index in [9.17, 15) is 17.6 Å². The van der Waals surface area contributed by atoms with Crippen LogP contribution < -0.4 is 15.0 Å². The summed E-state index contributed by atoms with van der Waals surface area (Å²) in [7, 11) is -2.32. The number of carbonyl (C=O) groups excluding carboxylic acids is 1. The van der Waals surface area contributed by atoms with Crippen LogP contribution in [0.15, 0.2) is 64.9 Å². The van der Waals surface area contributed by atoms with Gasteiger partial charge < -0.3 is 15.0 Å². The molecule has 0 unspecified atom stereocenters. The molecule has 174 valence electrons. The van der Waals surface area contributed by atoms with Gasteiger partial charge in [0.25, 0.3) is 5.91 Å². The molecule has 3 aromatic rings. The zero-order chi connectivity index (χ0) is 23.4. The number of ether oxygens (including phenoxy) is 1. The Hall–Kier alpha value is -2.95. The molecule has 0 atom stereocenters. The Labute approximate surface area is 196 Å². The maximum atomic E-state index is 14.1. The monoisotopic (exact) mass is 489 g/mol. The number of rotatable bonds is 7. The molecule has 10 heteroatoms. The van der Waals surface area contributed by atoms with Gasteiger partial charge in [-0.05, 0) is 29.6 Å². The molecule has 0 spiro atoms. The number of halogens is 1. The van der Waals surface area contributed by atoms with E-state index in [4.69, 9.17) is 4.74 Å². The number of nitrogens with zero attached hydrogens (tertiary/aromatic N) is 2. The summed E-state index contributed by atoms with van der Waals surface area (Å²) in [5, 5.41) is 4.38. The molecular formula is C23H24FN3O4S2. The number of para-hydroxylation sites is 2. The standard InChI is InChI=1S/C23H24FN3O4S2/c1-31-20-9-5-2-6-17(20)16-25-23(28)22-21(10-15-32-22)33(29,30)27-13-11-26(12-14-27)19-8-4-3-7-18(19)24/h2-10,15H,11-14,16H2,1H3,(H,25,28). The van der Waals surface area contributed by atoms with Crippen LogP contribution in [0.3, 0.4) is 0 Å². The fourth-order valence-corrected chi connectivity index (χ4v) is 6.53.